The molecule has 15 heteroatoms. The SMILES string of the molecule is CCCCCC/C=C\C/C=C\CCCCCCCC(=O)OC(COC(=O)CCCCCCCCCCC/C=C\CCCCCCCCCC)COC1OC(COC2OC(CO)C(O)C(O)C2O)C(O)C(O)C1O. The van der Waals surface area contributed by atoms with Crippen molar-refractivity contribution in [2.45, 2.75) is 293 Å². The molecule has 0 aliphatic carbocycles. The first kappa shape index (κ1) is 66.8. The monoisotopic (exact) mass is 1040 g/mol. The number of ether oxygens (including phenoxy) is 6. The Morgan fingerprint density at radius 2 is 0.822 bits per heavy atom. The number of hydrogen-bond acceptors (Lipinski definition) is 15. The van der Waals surface area contributed by atoms with Gasteiger partial charge in [0.15, 0.2) is 18.7 Å². The molecule has 11 unspecified atom stereocenters. The predicted molar refractivity (Wildman–Crippen MR) is 284 cm³/mol. The molecule has 0 spiro atoms. The van der Waals surface area contributed by atoms with Gasteiger partial charge in [0.1, 0.15) is 55.4 Å². The minimum Gasteiger partial charge on any atom is -0.462 e. The van der Waals surface area contributed by atoms with Crippen LogP contribution in [-0.2, 0) is 38.0 Å². The van der Waals surface area contributed by atoms with Crippen molar-refractivity contribution in [2.75, 3.05) is 26.4 Å². The van der Waals surface area contributed by atoms with E-state index in [1.54, 1.807) is 0 Å². The van der Waals surface area contributed by atoms with Gasteiger partial charge in [0.05, 0.1) is 19.8 Å². The fourth-order valence-electron chi connectivity index (χ4n) is 9.07. The van der Waals surface area contributed by atoms with Crippen LogP contribution < -0.4 is 0 Å². The van der Waals surface area contributed by atoms with Gasteiger partial charge in [-0.2, -0.15) is 0 Å². The Kier molecular flexibility index (Phi) is 41.0. The number of rotatable bonds is 46. The Morgan fingerprint density at radius 1 is 0.438 bits per heavy atom. The molecule has 11 atom stereocenters. The molecular formula is C58H104O15. The second-order valence-corrected chi connectivity index (χ2v) is 20.5. The summed E-state index contributed by atoms with van der Waals surface area (Å²) in [6.07, 6.45) is 33.1. The van der Waals surface area contributed by atoms with Gasteiger partial charge in [-0.3, -0.25) is 9.59 Å². The summed E-state index contributed by atoms with van der Waals surface area (Å²) in [7, 11) is 0. The molecule has 0 aromatic heterocycles. The van der Waals surface area contributed by atoms with Crippen molar-refractivity contribution >= 4 is 11.9 Å². The number of carbonyl (C=O) groups is 2. The van der Waals surface area contributed by atoms with Gasteiger partial charge in [0.2, 0.25) is 0 Å². The van der Waals surface area contributed by atoms with Crippen LogP contribution in [0.5, 0.6) is 0 Å². The largest absolute Gasteiger partial charge is 0.462 e. The predicted octanol–water partition coefficient (Wildman–Crippen LogP) is 9.66. The summed E-state index contributed by atoms with van der Waals surface area (Å²) in [4.78, 5) is 25.9. The van der Waals surface area contributed by atoms with Crippen molar-refractivity contribution in [3.63, 3.8) is 0 Å². The van der Waals surface area contributed by atoms with Crippen LogP contribution in [0.2, 0.25) is 0 Å². The van der Waals surface area contributed by atoms with Gasteiger partial charge in [-0.25, -0.2) is 0 Å². The third-order valence-corrected chi connectivity index (χ3v) is 13.8. The summed E-state index contributed by atoms with van der Waals surface area (Å²) in [5.74, 6) is -0.937. The fourth-order valence-corrected chi connectivity index (χ4v) is 9.07. The lowest BCUT2D eigenvalue weighted by atomic mass is 9.98. The summed E-state index contributed by atoms with van der Waals surface area (Å²) < 4.78 is 33.7. The molecule has 2 aliphatic rings. The number of esters is 2. The molecule has 0 radical (unpaired) electrons. The lowest BCUT2D eigenvalue weighted by molar-refractivity contribution is -0.332. The molecule has 15 nitrogen and oxygen atoms in total. The Bertz CT molecular complexity index is 1410. The van der Waals surface area contributed by atoms with E-state index >= 15 is 0 Å². The smallest absolute Gasteiger partial charge is 0.306 e. The molecule has 0 bridgehead atoms. The lowest BCUT2D eigenvalue weighted by Crippen LogP contribution is -2.61. The standard InChI is InChI=1S/C58H104O15/c1-3-5-7-9-11-13-15-17-19-21-22-23-24-25-27-28-30-32-34-36-38-40-49(60)68-43-46(71-50(61)41-39-37-35-33-31-29-26-20-18-16-14-12-10-8-6-4-2)44-69-57-56(67)54(65)52(63)48(73-57)45-70-58-55(66)53(64)51(62)47(42-59)72-58/h14,16,20-22,26,46-48,51-59,62-67H,3-13,15,17-19,23-25,27-45H2,1-2H3/b16-14-,22-21-,26-20-. The van der Waals surface area contributed by atoms with Gasteiger partial charge in [-0.1, -0.05) is 179 Å². The van der Waals surface area contributed by atoms with Crippen LogP contribution in [0.15, 0.2) is 36.5 Å². The maximum atomic E-state index is 13.0. The number of allylic oxidation sites excluding steroid dienone is 6. The quantitative estimate of drug-likeness (QED) is 0.0171. The first-order valence-electron chi connectivity index (χ1n) is 29.1. The van der Waals surface area contributed by atoms with Crippen LogP contribution in [0.3, 0.4) is 0 Å². The molecule has 0 aromatic carbocycles. The number of aliphatic hydroxyl groups excluding tert-OH is 7. The first-order valence-corrected chi connectivity index (χ1v) is 29.1. The minimum absolute atomic E-state index is 0.150. The molecule has 2 rings (SSSR count). The topological polar surface area (TPSA) is 231 Å². The van der Waals surface area contributed by atoms with E-state index in [9.17, 15) is 45.3 Å². The summed E-state index contributed by atoms with van der Waals surface area (Å²) in [5, 5.41) is 72.3. The van der Waals surface area contributed by atoms with E-state index in [1.165, 1.54) is 122 Å². The van der Waals surface area contributed by atoms with Crippen molar-refractivity contribution in [3.8, 4) is 0 Å². The summed E-state index contributed by atoms with van der Waals surface area (Å²) in [6, 6.07) is 0. The Balaban J connectivity index is 1.75. The van der Waals surface area contributed by atoms with E-state index in [2.05, 4.69) is 50.3 Å². The lowest BCUT2D eigenvalue weighted by Gasteiger charge is -2.42. The van der Waals surface area contributed by atoms with Gasteiger partial charge in [0, 0.05) is 12.8 Å². The van der Waals surface area contributed by atoms with Crippen LogP contribution in [0.25, 0.3) is 0 Å². The van der Waals surface area contributed by atoms with Gasteiger partial charge in [-0.15, -0.1) is 0 Å². The van der Waals surface area contributed by atoms with Crippen molar-refractivity contribution in [2.24, 2.45) is 0 Å². The van der Waals surface area contributed by atoms with Crippen molar-refractivity contribution in [3.05, 3.63) is 36.5 Å². The van der Waals surface area contributed by atoms with E-state index in [0.29, 0.717) is 12.8 Å². The zero-order chi connectivity index (χ0) is 53.2. The zero-order valence-electron chi connectivity index (χ0n) is 45.4. The molecule has 0 aromatic rings. The molecule has 2 saturated heterocycles. The average molecular weight is 1040 g/mol. The van der Waals surface area contributed by atoms with Gasteiger partial charge >= 0.3 is 11.9 Å². The normalized spacial score (nSPS) is 25.1. The third-order valence-electron chi connectivity index (χ3n) is 13.8. The van der Waals surface area contributed by atoms with Crippen molar-refractivity contribution in [1.29, 1.82) is 0 Å². The van der Waals surface area contributed by atoms with Crippen molar-refractivity contribution in [1.82, 2.24) is 0 Å². The minimum atomic E-state index is -1.77. The van der Waals surface area contributed by atoms with Gasteiger partial charge < -0.3 is 64.2 Å². The highest BCUT2D eigenvalue weighted by atomic mass is 16.7. The molecular weight excluding hydrogens is 937 g/mol. The Hall–Kier alpha value is -2.28. The summed E-state index contributed by atoms with van der Waals surface area (Å²) in [6.45, 7) is 2.58. The van der Waals surface area contributed by atoms with Crippen LogP contribution in [0, 0.1) is 0 Å². The van der Waals surface area contributed by atoms with Gasteiger partial charge in [-0.05, 0) is 70.6 Å². The molecule has 73 heavy (non-hydrogen) atoms. The maximum Gasteiger partial charge on any atom is 0.306 e. The number of hydrogen-bond donors (Lipinski definition) is 7. The molecule has 0 amide bonds. The van der Waals surface area contributed by atoms with E-state index in [-0.39, 0.29) is 26.1 Å². The summed E-state index contributed by atoms with van der Waals surface area (Å²) >= 11 is 0. The second-order valence-electron chi connectivity index (χ2n) is 20.5. The van der Waals surface area contributed by atoms with Crippen LogP contribution in [0.1, 0.15) is 226 Å². The highest BCUT2D eigenvalue weighted by Crippen LogP contribution is 2.27. The van der Waals surface area contributed by atoms with Crippen LogP contribution >= 0.6 is 0 Å². The number of aliphatic hydroxyl groups is 7. The number of unbranched alkanes of at least 4 members (excludes halogenated alkanes) is 26. The van der Waals surface area contributed by atoms with Crippen molar-refractivity contribution < 1.29 is 73.8 Å². The molecule has 426 valence electrons. The molecule has 7 N–H and O–H groups in total. The molecule has 0 saturated carbocycles. The average Bonchev–Trinajstić information content (AvgIpc) is 3.38. The Morgan fingerprint density at radius 3 is 1.30 bits per heavy atom. The van der Waals surface area contributed by atoms with Crippen LogP contribution in [0.4, 0.5) is 0 Å². The molecule has 2 heterocycles. The van der Waals surface area contributed by atoms with E-state index in [1.807, 2.05) is 0 Å². The van der Waals surface area contributed by atoms with E-state index < -0.39 is 92.7 Å². The fraction of sp³-hybridized carbons (Fsp3) is 0.862. The highest BCUT2D eigenvalue weighted by Gasteiger charge is 2.47. The van der Waals surface area contributed by atoms with E-state index in [0.717, 1.165) is 64.2 Å². The second kappa shape index (κ2) is 44.8. The maximum absolute atomic E-state index is 13.0. The van der Waals surface area contributed by atoms with Crippen LogP contribution in [-0.4, -0.2) is 142 Å². The van der Waals surface area contributed by atoms with Gasteiger partial charge in [0.25, 0.3) is 0 Å². The Labute approximate surface area is 440 Å². The number of carbonyl (C=O) groups excluding carboxylic acids is 2. The molecule has 2 aliphatic heterocycles. The summed E-state index contributed by atoms with van der Waals surface area (Å²) in [5.41, 5.74) is 0. The third kappa shape index (κ3) is 32.2. The van der Waals surface area contributed by atoms with E-state index in [4.69, 9.17) is 28.4 Å². The first-order chi connectivity index (χ1) is 35.5. The molecule has 2 fully saturated rings. The zero-order valence-corrected chi connectivity index (χ0v) is 45.4. The highest BCUT2D eigenvalue weighted by molar-refractivity contribution is 5.70.